The van der Waals surface area contributed by atoms with Gasteiger partial charge in [0, 0.05) is 24.4 Å². The zero-order valence-corrected chi connectivity index (χ0v) is 20.4. The molecular weight excluding hydrogens is 493 g/mol. The molecule has 0 spiro atoms. The molecule has 30 heavy (non-hydrogen) atoms. The summed E-state index contributed by atoms with van der Waals surface area (Å²) in [6.45, 7) is 11.3. The van der Waals surface area contributed by atoms with Crippen LogP contribution in [0.1, 0.15) is 57.9 Å². The average molecular weight is 523 g/mol. The molecule has 0 radical (unpaired) electrons. The molecule has 162 valence electrons. The van der Waals surface area contributed by atoms with Gasteiger partial charge in [-0.3, -0.25) is 0 Å². The highest BCUT2D eigenvalue weighted by Crippen LogP contribution is 2.20. The maximum absolute atomic E-state index is 5.34. The predicted molar refractivity (Wildman–Crippen MR) is 128 cm³/mol. The van der Waals surface area contributed by atoms with Gasteiger partial charge in [0.25, 0.3) is 0 Å². The van der Waals surface area contributed by atoms with E-state index in [2.05, 4.69) is 49.9 Å². The third kappa shape index (κ3) is 6.28. The molecule has 1 atom stereocenters. The average Bonchev–Trinajstić information content (AvgIpc) is 3.38. The van der Waals surface area contributed by atoms with E-state index in [9.17, 15) is 0 Å². The number of rotatable bonds is 6. The smallest absolute Gasteiger partial charge is 0.232 e. The Morgan fingerprint density at radius 2 is 2.07 bits per heavy atom. The van der Waals surface area contributed by atoms with E-state index >= 15 is 0 Å². The first kappa shape index (κ1) is 23.8. The maximum atomic E-state index is 5.34. The molecule has 2 heterocycles. The van der Waals surface area contributed by atoms with Crippen LogP contribution in [0, 0.1) is 0 Å². The van der Waals surface area contributed by atoms with Gasteiger partial charge in [-0.15, -0.1) is 24.0 Å². The molecule has 3 aromatic rings. The Balaban J connectivity index is 0.00000320. The van der Waals surface area contributed by atoms with Crippen LogP contribution in [0.5, 0.6) is 0 Å². The van der Waals surface area contributed by atoms with E-state index in [0.717, 1.165) is 17.8 Å². The normalized spacial score (nSPS) is 12.9. The van der Waals surface area contributed by atoms with Gasteiger partial charge in [0.15, 0.2) is 11.8 Å². The van der Waals surface area contributed by atoms with Crippen molar-refractivity contribution in [2.45, 2.75) is 52.6 Å². The second-order valence-electron chi connectivity index (χ2n) is 7.87. The number of halogens is 1. The van der Waals surface area contributed by atoms with Crippen molar-refractivity contribution in [3.05, 3.63) is 60.0 Å². The number of guanidine groups is 1. The molecule has 2 aromatic heterocycles. The monoisotopic (exact) mass is 523 g/mol. The number of nitrogens with one attached hydrogen (secondary N) is 2. The summed E-state index contributed by atoms with van der Waals surface area (Å²) < 4.78 is 7.19. The van der Waals surface area contributed by atoms with Crippen molar-refractivity contribution in [1.82, 2.24) is 30.6 Å². The second kappa shape index (κ2) is 10.6. The second-order valence-corrected chi connectivity index (χ2v) is 7.87. The van der Waals surface area contributed by atoms with Gasteiger partial charge in [-0.2, -0.15) is 10.1 Å². The van der Waals surface area contributed by atoms with Crippen LogP contribution in [0.3, 0.4) is 0 Å². The van der Waals surface area contributed by atoms with E-state index in [1.165, 1.54) is 0 Å². The third-order valence-corrected chi connectivity index (χ3v) is 4.32. The van der Waals surface area contributed by atoms with Gasteiger partial charge < -0.3 is 15.2 Å². The van der Waals surface area contributed by atoms with Crippen LogP contribution in [0.15, 0.2) is 52.2 Å². The Labute approximate surface area is 194 Å². The van der Waals surface area contributed by atoms with Gasteiger partial charge in [-0.25, -0.2) is 9.67 Å². The molecule has 0 amide bonds. The van der Waals surface area contributed by atoms with Crippen LogP contribution < -0.4 is 10.6 Å². The molecule has 0 aliphatic carbocycles. The topological polar surface area (TPSA) is 93.2 Å². The fourth-order valence-electron chi connectivity index (χ4n) is 2.74. The van der Waals surface area contributed by atoms with E-state index in [-0.39, 0.29) is 35.4 Å². The minimum Gasteiger partial charge on any atom is -0.357 e. The zero-order chi connectivity index (χ0) is 20.9. The summed E-state index contributed by atoms with van der Waals surface area (Å²) in [5.41, 5.74) is 1.98. The predicted octanol–water partition coefficient (Wildman–Crippen LogP) is 3.99. The summed E-state index contributed by atoms with van der Waals surface area (Å²) in [5.74, 6) is 1.89. The summed E-state index contributed by atoms with van der Waals surface area (Å²) in [5, 5.41) is 15.0. The molecule has 0 saturated carbocycles. The van der Waals surface area contributed by atoms with Crippen molar-refractivity contribution in [3.8, 4) is 5.69 Å². The molecule has 0 saturated heterocycles. The van der Waals surface area contributed by atoms with Gasteiger partial charge in [-0.05, 0) is 37.6 Å². The minimum absolute atomic E-state index is 0. The fraction of sp³-hybridized carbons (Fsp3) is 0.429. The lowest BCUT2D eigenvalue weighted by atomic mass is 9.97. The summed E-state index contributed by atoms with van der Waals surface area (Å²) in [6.07, 6.45) is 3.70. The van der Waals surface area contributed by atoms with Crippen molar-refractivity contribution < 1.29 is 4.52 Å². The van der Waals surface area contributed by atoms with Crippen LogP contribution in [-0.4, -0.2) is 32.4 Å². The van der Waals surface area contributed by atoms with E-state index in [1.807, 2.05) is 56.8 Å². The zero-order valence-electron chi connectivity index (χ0n) is 18.1. The molecule has 0 aliphatic rings. The molecule has 8 nitrogen and oxygen atoms in total. The first-order valence-electron chi connectivity index (χ1n) is 9.84. The lowest BCUT2D eigenvalue weighted by molar-refractivity contribution is 0.318. The largest absolute Gasteiger partial charge is 0.357 e. The molecule has 1 unspecified atom stereocenters. The summed E-state index contributed by atoms with van der Waals surface area (Å²) >= 11 is 0. The molecule has 0 bridgehead atoms. The molecule has 2 N–H and O–H groups in total. The number of hydrogen-bond acceptors (Lipinski definition) is 5. The summed E-state index contributed by atoms with van der Waals surface area (Å²) in [7, 11) is 0. The van der Waals surface area contributed by atoms with Gasteiger partial charge in [-0.1, -0.05) is 38.1 Å². The van der Waals surface area contributed by atoms with E-state index in [0.29, 0.717) is 24.2 Å². The molecule has 0 fully saturated rings. The molecule has 3 rings (SSSR count). The fourth-order valence-corrected chi connectivity index (χ4v) is 2.74. The van der Waals surface area contributed by atoms with Crippen LogP contribution in [-0.2, 0) is 12.0 Å². The van der Waals surface area contributed by atoms with Crippen LogP contribution in [0.25, 0.3) is 5.69 Å². The summed E-state index contributed by atoms with van der Waals surface area (Å²) in [4.78, 5) is 9.05. The first-order chi connectivity index (χ1) is 13.9. The number of hydrogen-bond donors (Lipinski definition) is 2. The Kier molecular flexibility index (Phi) is 8.39. The number of nitrogens with zero attached hydrogens (tertiary/aromatic N) is 5. The maximum Gasteiger partial charge on any atom is 0.232 e. The summed E-state index contributed by atoms with van der Waals surface area (Å²) in [6, 6.07) is 10.2. The van der Waals surface area contributed by atoms with E-state index in [4.69, 9.17) is 4.52 Å². The quantitative estimate of drug-likeness (QED) is 0.289. The SMILES string of the molecule is CCNC(=NCc1noc(C(C)(C)C)n1)NC(C)c1cccc(-n2cccn2)c1.I. The standard InChI is InChI=1S/C21H29N7O.HI/c1-6-22-20(23-14-18-26-19(29-27-18)21(3,4)5)25-15(2)16-9-7-10-17(13-16)28-12-8-11-24-28;/h7-13,15H,6,14H2,1-5H3,(H2,22,23,25);1H. The lowest BCUT2D eigenvalue weighted by Gasteiger charge is -2.18. The van der Waals surface area contributed by atoms with Gasteiger partial charge in [0.2, 0.25) is 5.89 Å². The lowest BCUT2D eigenvalue weighted by Crippen LogP contribution is -2.38. The number of aromatic nitrogens is 4. The molecule has 1 aromatic carbocycles. The third-order valence-electron chi connectivity index (χ3n) is 4.32. The molecule has 0 aliphatic heterocycles. The Morgan fingerprint density at radius 3 is 2.70 bits per heavy atom. The Hall–Kier alpha value is -2.43. The number of benzene rings is 1. The molecule has 9 heteroatoms. The van der Waals surface area contributed by atoms with Crippen molar-refractivity contribution in [3.63, 3.8) is 0 Å². The van der Waals surface area contributed by atoms with Crippen molar-refractivity contribution >= 4 is 29.9 Å². The van der Waals surface area contributed by atoms with E-state index < -0.39 is 0 Å². The highest BCUT2D eigenvalue weighted by Gasteiger charge is 2.21. The van der Waals surface area contributed by atoms with Crippen molar-refractivity contribution in [2.75, 3.05) is 6.54 Å². The van der Waals surface area contributed by atoms with Crippen LogP contribution in [0.2, 0.25) is 0 Å². The van der Waals surface area contributed by atoms with Crippen molar-refractivity contribution in [2.24, 2.45) is 4.99 Å². The Bertz CT molecular complexity index is 944. The van der Waals surface area contributed by atoms with Crippen LogP contribution >= 0.6 is 24.0 Å². The van der Waals surface area contributed by atoms with E-state index in [1.54, 1.807) is 6.20 Å². The number of aliphatic imine (C=N–C) groups is 1. The first-order valence-corrected chi connectivity index (χ1v) is 9.84. The molecular formula is C21H30IN7O. The highest BCUT2D eigenvalue weighted by molar-refractivity contribution is 14.0. The van der Waals surface area contributed by atoms with Gasteiger partial charge >= 0.3 is 0 Å². The van der Waals surface area contributed by atoms with Gasteiger partial charge in [0.05, 0.1) is 11.7 Å². The van der Waals surface area contributed by atoms with Crippen molar-refractivity contribution in [1.29, 1.82) is 0 Å². The Morgan fingerprint density at radius 1 is 1.27 bits per heavy atom. The highest BCUT2D eigenvalue weighted by atomic mass is 127. The minimum atomic E-state index is -0.175. The van der Waals surface area contributed by atoms with Crippen LogP contribution in [0.4, 0.5) is 0 Å². The van der Waals surface area contributed by atoms with Gasteiger partial charge in [0.1, 0.15) is 6.54 Å².